The number of nitrogens with two attached hydrogens (primary N) is 1. The van der Waals surface area contributed by atoms with Crippen LogP contribution in [0.4, 0.5) is 5.69 Å². The molecule has 0 heterocycles. The van der Waals surface area contributed by atoms with E-state index in [4.69, 9.17) is 5.73 Å². The molecule has 0 aromatic heterocycles. The summed E-state index contributed by atoms with van der Waals surface area (Å²) in [4.78, 5) is 22.2. The van der Waals surface area contributed by atoms with E-state index in [1.54, 1.807) is 24.3 Å². The van der Waals surface area contributed by atoms with Gasteiger partial charge in [0.2, 0.25) is 0 Å². The molecule has 0 amide bonds. The molecule has 1 aromatic carbocycles. The summed E-state index contributed by atoms with van der Waals surface area (Å²) in [6, 6.07) is 6.86. The second-order valence-electron chi connectivity index (χ2n) is 2.79. The Labute approximate surface area is 86.7 Å². The minimum Gasteiger partial charge on any atom is -0.398 e. The van der Waals surface area contributed by atoms with Gasteiger partial charge in [-0.05, 0) is 12.1 Å². The summed E-state index contributed by atoms with van der Waals surface area (Å²) in [5.41, 5.74) is 6.56. The predicted molar refractivity (Wildman–Crippen MR) is 58.3 cm³/mol. The zero-order chi connectivity index (χ0) is 10.6. The molecule has 1 rings (SSSR count). The van der Waals surface area contributed by atoms with Crippen LogP contribution in [0, 0.1) is 0 Å². The Hall–Kier alpha value is -1.29. The molecule has 0 aliphatic heterocycles. The lowest BCUT2D eigenvalue weighted by atomic mass is 10.1. The van der Waals surface area contributed by atoms with Crippen LogP contribution >= 0.6 is 11.8 Å². The minimum absolute atomic E-state index is 0.0622. The highest BCUT2D eigenvalue weighted by molar-refractivity contribution is 8.14. The molecule has 0 radical (unpaired) electrons. The summed E-state index contributed by atoms with van der Waals surface area (Å²) < 4.78 is 0. The van der Waals surface area contributed by atoms with Gasteiger partial charge in [-0.25, -0.2) is 0 Å². The highest BCUT2D eigenvalue weighted by Gasteiger charge is 2.09. The van der Waals surface area contributed by atoms with Gasteiger partial charge in [0, 0.05) is 18.2 Å². The lowest BCUT2D eigenvalue weighted by Crippen LogP contribution is -2.07. The van der Waals surface area contributed by atoms with Gasteiger partial charge in [0.05, 0.1) is 5.75 Å². The predicted octanol–water partition coefficient (Wildman–Crippen LogP) is 1.73. The molecule has 0 unspecified atom stereocenters. The molecule has 14 heavy (non-hydrogen) atoms. The van der Waals surface area contributed by atoms with Crippen LogP contribution in [0.5, 0.6) is 0 Å². The molecule has 74 valence electrons. The van der Waals surface area contributed by atoms with Gasteiger partial charge in [0.1, 0.15) is 0 Å². The molecule has 0 bridgehead atoms. The first-order valence-electron chi connectivity index (χ1n) is 4.12. The molecule has 0 aliphatic rings. The number of hydrogen-bond donors (Lipinski definition) is 1. The van der Waals surface area contributed by atoms with Crippen molar-refractivity contribution in [1.82, 2.24) is 0 Å². The fraction of sp³-hybridized carbons (Fsp3) is 0.200. The average molecular weight is 209 g/mol. The van der Waals surface area contributed by atoms with Crippen molar-refractivity contribution in [2.24, 2.45) is 0 Å². The SMILES string of the molecule is CC(=O)SCC(=O)c1ccccc1N. The number of para-hydroxylation sites is 1. The topological polar surface area (TPSA) is 60.2 Å². The van der Waals surface area contributed by atoms with E-state index in [9.17, 15) is 9.59 Å². The summed E-state index contributed by atoms with van der Waals surface area (Å²) in [7, 11) is 0. The molecular formula is C10H11NO2S. The molecule has 0 spiro atoms. The quantitative estimate of drug-likeness (QED) is 0.608. The van der Waals surface area contributed by atoms with Gasteiger partial charge in [-0.2, -0.15) is 0 Å². The zero-order valence-electron chi connectivity index (χ0n) is 7.82. The van der Waals surface area contributed by atoms with Crippen molar-refractivity contribution in [3.63, 3.8) is 0 Å². The number of anilines is 1. The third-order valence-corrected chi connectivity index (χ3v) is 2.48. The molecule has 2 N–H and O–H groups in total. The minimum atomic E-state index is -0.108. The van der Waals surface area contributed by atoms with Crippen LogP contribution in [0.3, 0.4) is 0 Å². The van der Waals surface area contributed by atoms with Crippen LogP contribution in [0.2, 0.25) is 0 Å². The van der Waals surface area contributed by atoms with Gasteiger partial charge >= 0.3 is 0 Å². The van der Waals surface area contributed by atoms with Crippen molar-refractivity contribution in [3.05, 3.63) is 29.8 Å². The lowest BCUT2D eigenvalue weighted by Gasteiger charge is -2.02. The maximum absolute atomic E-state index is 11.5. The standard InChI is InChI=1S/C10H11NO2S/c1-7(12)14-6-10(13)8-4-2-3-5-9(8)11/h2-5H,6,11H2,1H3. The van der Waals surface area contributed by atoms with E-state index < -0.39 is 0 Å². The Kier molecular flexibility index (Phi) is 3.71. The number of thioether (sulfide) groups is 1. The number of Topliss-reactive ketones (excluding diaryl/α,β-unsaturated/α-hetero) is 1. The van der Waals surface area contributed by atoms with E-state index in [1.807, 2.05) is 0 Å². The van der Waals surface area contributed by atoms with Crippen LogP contribution in [-0.4, -0.2) is 16.7 Å². The van der Waals surface area contributed by atoms with Crippen molar-refractivity contribution >= 4 is 28.3 Å². The van der Waals surface area contributed by atoms with Gasteiger partial charge in [0.25, 0.3) is 0 Å². The summed E-state index contributed by atoms with van der Waals surface area (Å²) in [6.07, 6.45) is 0. The van der Waals surface area contributed by atoms with Crippen molar-refractivity contribution in [2.75, 3.05) is 11.5 Å². The fourth-order valence-electron chi connectivity index (χ4n) is 0.996. The maximum atomic E-state index is 11.5. The summed E-state index contributed by atoms with van der Waals surface area (Å²) in [5, 5.41) is -0.0622. The van der Waals surface area contributed by atoms with Crippen LogP contribution in [-0.2, 0) is 4.79 Å². The number of hydrogen-bond acceptors (Lipinski definition) is 4. The smallest absolute Gasteiger partial charge is 0.186 e. The van der Waals surface area contributed by atoms with Crippen molar-refractivity contribution in [1.29, 1.82) is 0 Å². The number of ketones is 1. The number of carbonyl (C=O) groups excluding carboxylic acids is 2. The molecule has 0 saturated carbocycles. The van der Waals surface area contributed by atoms with Gasteiger partial charge in [-0.1, -0.05) is 23.9 Å². The second kappa shape index (κ2) is 4.81. The normalized spacial score (nSPS) is 9.79. The Balaban J connectivity index is 2.70. The van der Waals surface area contributed by atoms with E-state index in [0.717, 1.165) is 11.8 Å². The molecule has 0 atom stereocenters. The monoisotopic (exact) mass is 209 g/mol. The Morgan fingerprint density at radius 3 is 2.57 bits per heavy atom. The van der Waals surface area contributed by atoms with Gasteiger partial charge < -0.3 is 5.73 Å². The third-order valence-electron chi connectivity index (χ3n) is 1.67. The number of carbonyl (C=O) groups is 2. The molecule has 0 fully saturated rings. The van der Waals surface area contributed by atoms with Crippen LogP contribution in [0.25, 0.3) is 0 Å². The molecule has 0 aliphatic carbocycles. The zero-order valence-corrected chi connectivity index (χ0v) is 8.64. The number of benzene rings is 1. The third kappa shape index (κ3) is 2.88. The fourth-order valence-corrected chi connectivity index (χ4v) is 1.49. The first kappa shape index (κ1) is 10.8. The molecule has 4 heteroatoms. The highest BCUT2D eigenvalue weighted by Crippen LogP contribution is 2.14. The Bertz CT molecular complexity index is 363. The summed E-state index contributed by atoms with van der Waals surface area (Å²) in [5.74, 6) is 0.0482. The van der Waals surface area contributed by atoms with E-state index in [1.165, 1.54) is 6.92 Å². The van der Waals surface area contributed by atoms with Crippen LogP contribution in [0.1, 0.15) is 17.3 Å². The summed E-state index contributed by atoms with van der Waals surface area (Å²) in [6.45, 7) is 1.44. The van der Waals surface area contributed by atoms with Crippen LogP contribution in [0.15, 0.2) is 24.3 Å². The highest BCUT2D eigenvalue weighted by atomic mass is 32.2. The van der Waals surface area contributed by atoms with E-state index in [-0.39, 0.29) is 16.7 Å². The Morgan fingerprint density at radius 1 is 1.36 bits per heavy atom. The van der Waals surface area contributed by atoms with E-state index >= 15 is 0 Å². The second-order valence-corrected chi connectivity index (χ2v) is 3.94. The van der Waals surface area contributed by atoms with Crippen LogP contribution < -0.4 is 5.73 Å². The summed E-state index contributed by atoms with van der Waals surface area (Å²) >= 11 is 0.999. The molecular weight excluding hydrogens is 198 g/mol. The lowest BCUT2D eigenvalue weighted by molar-refractivity contribution is -0.109. The van der Waals surface area contributed by atoms with E-state index in [0.29, 0.717) is 11.3 Å². The van der Waals surface area contributed by atoms with Crippen molar-refractivity contribution < 1.29 is 9.59 Å². The Morgan fingerprint density at radius 2 is 2.00 bits per heavy atom. The largest absolute Gasteiger partial charge is 0.398 e. The van der Waals surface area contributed by atoms with Gasteiger partial charge in [-0.15, -0.1) is 0 Å². The molecule has 1 aromatic rings. The molecule has 3 nitrogen and oxygen atoms in total. The number of rotatable bonds is 3. The van der Waals surface area contributed by atoms with Gasteiger partial charge in [-0.3, -0.25) is 9.59 Å². The first-order valence-corrected chi connectivity index (χ1v) is 5.11. The first-order chi connectivity index (χ1) is 6.61. The average Bonchev–Trinajstić information content (AvgIpc) is 2.15. The van der Waals surface area contributed by atoms with Gasteiger partial charge in [0.15, 0.2) is 10.9 Å². The van der Waals surface area contributed by atoms with Crippen molar-refractivity contribution in [3.8, 4) is 0 Å². The molecule has 0 saturated heterocycles. The van der Waals surface area contributed by atoms with Crippen molar-refractivity contribution in [2.45, 2.75) is 6.92 Å². The number of nitrogen functional groups attached to an aromatic ring is 1. The van der Waals surface area contributed by atoms with E-state index in [2.05, 4.69) is 0 Å². The maximum Gasteiger partial charge on any atom is 0.186 e.